The van der Waals surface area contributed by atoms with E-state index < -0.39 is 6.03 Å². The van der Waals surface area contributed by atoms with Crippen LogP contribution in [-0.4, -0.2) is 130 Å². The molecule has 4 unspecified atom stereocenters. The van der Waals surface area contributed by atoms with Gasteiger partial charge in [-0.15, -0.1) is 0 Å². The van der Waals surface area contributed by atoms with Gasteiger partial charge in [0.1, 0.15) is 0 Å². The lowest BCUT2D eigenvalue weighted by Gasteiger charge is -2.36. The van der Waals surface area contributed by atoms with Crippen molar-refractivity contribution in [3.05, 3.63) is 54.1 Å². The monoisotopic (exact) mass is 671 g/mol. The zero-order chi connectivity index (χ0) is 33.9. The topological polar surface area (TPSA) is 160 Å². The molecule has 4 atom stereocenters. The highest BCUT2D eigenvalue weighted by Crippen LogP contribution is 2.36. The van der Waals surface area contributed by atoms with E-state index in [1.807, 2.05) is 21.9 Å². The number of carbonyl (C=O) groups excluding carboxylic acids is 2. The summed E-state index contributed by atoms with van der Waals surface area (Å²) in [6.45, 7) is 7.43. The summed E-state index contributed by atoms with van der Waals surface area (Å²) >= 11 is 0. The highest BCUT2D eigenvalue weighted by atomic mass is 16.5. The molecule has 4 saturated heterocycles. The van der Waals surface area contributed by atoms with Crippen molar-refractivity contribution in [1.82, 2.24) is 24.8 Å². The maximum absolute atomic E-state index is 12.9. The van der Waals surface area contributed by atoms with Gasteiger partial charge in [-0.2, -0.15) is 15.0 Å². The molecule has 49 heavy (non-hydrogen) atoms. The Hall–Kier alpha value is -4.37. The van der Waals surface area contributed by atoms with Gasteiger partial charge < -0.3 is 45.2 Å². The molecular formula is C35H45N9O5. The average Bonchev–Trinajstić information content (AvgIpc) is 3.68. The zero-order valence-corrected chi connectivity index (χ0v) is 27.9. The fourth-order valence-electron chi connectivity index (χ4n) is 7.46. The van der Waals surface area contributed by atoms with Crippen molar-refractivity contribution in [1.29, 1.82) is 0 Å². The first kappa shape index (κ1) is 33.1. The lowest BCUT2D eigenvalue weighted by Crippen LogP contribution is -2.48. The number of fused-ring (bicyclic) bond motifs is 2. The highest BCUT2D eigenvalue weighted by molar-refractivity contribution is 6.00. The molecule has 0 saturated carbocycles. The molecule has 4 N–H and O–H groups in total. The number of benzene rings is 2. The molecular weight excluding hydrogens is 626 g/mol. The van der Waals surface area contributed by atoms with Gasteiger partial charge in [0.05, 0.1) is 50.6 Å². The Morgan fingerprint density at radius 2 is 1.31 bits per heavy atom. The molecule has 4 aliphatic rings. The molecule has 7 rings (SSSR count). The smallest absolute Gasteiger partial charge is 0.323 e. The van der Waals surface area contributed by atoms with Crippen LogP contribution in [0, 0.1) is 0 Å². The van der Waals surface area contributed by atoms with Crippen LogP contribution >= 0.6 is 0 Å². The fraction of sp³-hybridized carbons (Fsp3) is 0.514. The summed E-state index contributed by atoms with van der Waals surface area (Å²) in [6.07, 6.45) is 3.49. The van der Waals surface area contributed by atoms with Gasteiger partial charge >= 0.3 is 6.03 Å². The van der Waals surface area contributed by atoms with E-state index in [9.17, 15) is 19.8 Å². The summed E-state index contributed by atoms with van der Waals surface area (Å²) in [5.74, 6) is 1.49. The number of nitrogens with zero attached hydrogens (tertiary/aromatic N) is 7. The van der Waals surface area contributed by atoms with Crippen molar-refractivity contribution >= 4 is 35.2 Å². The van der Waals surface area contributed by atoms with E-state index >= 15 is 0 Å². The molecule has 3 amide bonds. The Kier molecular flexibility index (Phi) is 9.89. The number of aliphatic hydroxyl groups excluding tert-OH is 2. The quantitative estimate of drug-likeness (QED) is 0.265. The van der Waals surface area contributed by atoms with E-state index in [0.29, 0.717) is 61.0 Å². The Morgan fingerprint density at radius 1 is 0.755 bits per heavy atom. The van der Waals surface area contributed by atoms with E-state index in [0.717, 1.165) is 50.9 Å². The van der Waals surface area contributed by atoms with E-state index in [1.165, 1.54) is 0 Å². The van der Waals surface area contributed by atoms with Gasteiger partial charge in [-0.1, -0.05) is 6.92 Å². The SMILES string of the molecule is CCN1CCN(C(=O)c2ccc(NC(=O)Nc3ccc(-c4nc(N5C(CO)CCC5CO)nc(N5C6CCC5COC6)n4)cc3)cc2)CC1. The molecule has 1 aromatic heterocycles. The molecule has 4 fully saturated rings. The largest absolute Gasteiger partial charge is 0.394 e. The summed E-state index contributed by atoms with van der Waals surface area (Å²) in [6, 6.07) is 13.8. The lowest BCUT2D eigenvalue weighted by molar-refractivity contribution is 0.0643. The van der Waals surface area contributed by atoms with Crippen molar-refractivity contribution in [2.24, 2.45) is 0 Å². The van der Waals surface area contributed by atoms with Crippen molar-refractivity contribution in [3.8, 4) is 11.4 Å². The van der Waals surface area contributed by atoms with Crippen LogP contribution in [0.15, 0.2) is 48.5 Å². The number of aliphatic hydroxyl groups is 2. The third-order valence-electron chi connectivity index (χ3n) is 10.3. The number of morpholine rings is 1. The molecule has 14 nitrogen and oxygen atoms in total. The predicted octanol–water partition coefficient (Wildman–Crippen LogP) is 2.65. The molecule has 260 valence electrons. The molecule has 0 radical (unpaired) electrons. The minimum absolute atomic E-state index is 0.00317. The average molecular weight is 672 g/mol. The first-order valence-corrected chi connectivity index (χ1v) is 17.4. The standard InChI is InChI=1S/C35H45N9O5/c1-2-41-15-17-42(18-16-41)32(47)24-5-9-26(10-6-24)37-35(48)36-25-7-3-23(4-8-25)31-38-33(43-27(19-45)11-12-28(43)20-46)40-34(39-31)44-29-13-14-30(44)22-49-21-29/h3-10,27-30,45-46H,2,11-22H2,1H3,(H2,36,37,48). The van der Waals surface area contributed by atoms with Crippen molar-refractivity contribution in [3.63, 3.8) is 0 Å². The molecule has 2 aromatic carbocycles. The Labute approximate surface area is 286 Å². The zero-order valence-electron chi connectivity index (χ0n) is 27.9. The van der Waals surface area contributed by atoms with Crippen LogP contribution in [0.2, 0.25) is 0 Å². The van der Waals surface area contributed by atoms with Crippen LogP contribution in [0.1, 0.15) is 43.0 Å². The number of ether oxygens (including phenoxy) is 1. The fourth-order valence-corrected chi connectivity index (χ4v) is 7.46. The molecule has 4 aliphatic heterocycles. The number of urea groups is 1. The van der Waals surface area contributed by atoms with Gasteiger partial charge in [-0.25, -0.2) is 4.79 Å². The van der Waals surface area contributed by atoms with Crippen LogP contribution in [0.3, 0.4) is 0 Å². The third kappa shape index (κ3) is 7.04. The summed E-state index contributed by atoms with van der Waals surface area (Å²) < 4.78 is 5.80. The van der Waals surface area contributed by atoms with E-state index in [4.69, 9.17) is 19.7 Å². The van der Waals surface area contributed by atoms with Crippen LogP contribution in [-0.2, 0) is 4.74 Å². The minimum Gasteiger partial charge on any atom is -0.394 e. The minimum atomic E-state index is -0.408. The second-order valence-electron chi connectivity index (χ2n) is 13.2. The van der Waals surface area contributed by atoms with Gasteiger partial charge in [-0.05, 0) is 80.8 Å². The number of aromatic nitrogens is 3. The number of piperazine rings is 1. The van der Waals surface area contributed by atoms with Gasteiger partial charge in [0.2, 0.25) is 11.9 Å². The van der Waals surface area contributed by atoms with Crippen molar-refractivity contribution < 1.29 is 24.5 Å². The summed E-state index contributed by atoms with van der Waals surface area (Å²) in [5, 5.41) is 26.0. The van der Waals surface area contributed by atoms with E-state index in [-0.39, 0.29) is 43.3 Å². The number of amides is 3. The Balaban J connectivity index is 1.04. The number of hydrogen-bond acceptors (Lipinski definition) is 11. The van der Waals surface area contributed by atoms with Gasteiger partial charge in [0, 0.05) is 48.7 Å². The first-order chi connectivity index (χ1) is 23.9. The van der Waals surface area contributed by atoms with Crippen LogP contribution in [0.5, 0.6) is 0 Å². The van der Waals surface area contributed by atoms with Crippen molar-refractivity contribution in [2.45, 2.75) is 56.8 Å². The summed E-state index contributed by atoms with van der Waals surface area (Å²) in [5.41, 5.74) is 2.50. The number of likely N-dealkylation sites (N-methyl/N-ethyl adjacent to an activating group) is 1. The lowest BCUT2D eigenvalue weighted by atomic mass is 10.1. The molecule has 5 heterocycles. The summed E-state index contributed by atoms with van der Waals surface area (Å²) in [7, 11) is 0. The van der Waals surface area contributed by atoms with Crippen molar-refractivity contribution in [2.75, 3.05) is 79.6 Å². The highest BCUT2D eigenvalue weighted by Gasteiger charge is 2.41. The molecule has 2 bridgehead atoms. The van der Waals surface area contributed by atoms with Crippen LogP contribution < -0.4 is 20.4 Å². The van der Waals surface area contributed by atoms with E-state index in [2.05, 4.69) is 27.4 Å². The molecule has 0 aliphatic carbocycles. The first-order valence-electron chi connectivity index (χ1n) is 17.4. The van der Waals surface area contributed by atoms with Crippen LogP contribution in [0.25, 0.3) is 11.4 Å². The second kappa shape index (κ2) is 14.6. The number of nitrogens with one attached hydrogen (secondary N) is 2. The maximum atomic E-state index is 12.9. The Bertz CT molecular complexity index is 1590. The predicted molar refractivity (Wildman–Crippen MR) is 186 cm³/mol. The number of carbonyl (C=O) groups is 2. The van der Waals surface area contributed by atoms with E-state index in [1.54, 1.807) is 36.4 Å². The van der Waals surface area contributed by atoms with Crippen LogP contribution in [0.4, 0.5) is 28.1 Å². The summed E-state index contributed by atoms with van der Waals surface area (Å²) in [4.78, 5) is 48.8. The number of hydrogen-bond donors (Lipinski definition) is 4. The number of rotatable bonds is 9. The maximum Gasteiger partial charge on any atom is 0.323 e. The molecule has 0 spiro atoms. The van der Waals surface area contributed by atoms with Gasteiger partial charge in [0.15, 0.2) is 5.82 Å². The number of anilines is 4. The second-order valence-corrected chi connectivity index (χ2v) is 13.2. The third-order valence-corrected chi connectivity index (χ3v) is 10.3. The van der Waals surface area contributed by atoms with Gasteiger partial charge in [0.25, 0.3) is 5.91 Å². The normalized spacial score (nSPS) is 23.9. The molecule has 3 aromatic rings. The Morgan fingerprint density at radius 3 is 1.86 bits per heavy atom. The van der Waals surface area contributed by atoms with Gasteiger partial charge in [-0.3, -0.25) is 4.79 Å². The molecule has 14 heteroatoms.